The van der Waals surface area contributed by atoms with Crippen molar-refractivity contribution in [2.45, 2.75) is 26.4 Å². The zero-order chi connectivity index (χ0) is 12.1. The molecule has 0 heterocycles. The summed E-state index contributed by atoms with van der Waals surface area (Å²) in [5.74, 6) is 0. The molecule has 0 aliphatic rings. The average molecular weight is 243 g/mol. The molecule has 0 amide bonds. The third-order valence-electron chi connectivity index (χ3n) is 2.54. The zero-order valence-electron chi connectivity index (χ0n) is 9.78. The summed E-state index contributed by atoms with van der Waals surface area (Å²) < 4.78 is 0. The predicted octanol–water partition coefficient (Wildman–Crippen LogP) is 2.01. The van der Waals surface area contributed by atoms with Gasteiger partial charge in [0.25, 0.3) is 0 Å². The summed E-state index contributed by atoms with van der Waals surface area (Å²) in [6.45, 7) is 5.36. The number of halogens is 1. The number of hydrogen-bond donors (Lipinski definition) is 2. The van der Waals surface area contributed by atoms with Gasteiger partial charge >= 0.3 is 0 Å². The van der Waals surface area contributed by atoms with Crippen LogP contribution in [0.25, 0.3) is 0 Å². The van der Waals surface area contributed by atoms with E-state index in [0.29, 0.717) is 24.2 Å². The minimum Gasteiger partial charge on any atom is -0.395 e. The second kappa shape index (κ2) is 6.09. The molecule has 1 aromatic rings. The third-order valence-corrected chi connectivity index (χ3v) is 2.77. The summed E-state index contributed by atoms with van der Waals surface area (Å²) >= 11 is 5.93. The van der Waals surface area contributed by atoms with E-state index in [0.717, 1.165) is 11.3 Å². The van der Waals surface area contributed by atoms with Crippen LogP contribution in [0.2, 0.25) is 5.02 Å². The van der Waals surface area contributed by atoms with Crippen molar-refractivity contribution >= 4 is 17.3 Å². The van der Waals surface area contributed by atoms with Gasteiger partial charge in [-0.2, -0.15) is 0 Å². The first-order chi connectivity index (χ1) is 7.60. The molecule has 0 bridgehead atoms. The molecule has 1 aromatic carbocycles. The van der Waals surface area contributed by atoms with Crippen LogP contribution >= 0.6 is 11.6 Å². The van der Waals surface area contributed by atoms with E-state index in [1.807, 2.05) is 18.2 Å². The molecular weight excluding hydrogens is 224 g/mol. The summed E-state index contributed by atoms with van der Waals surface area (Å²) in [6.07, 6.45) is 0. The van der Waals surface area contributed by atoms with Crippen LogP contribution in [-0.2, 0) is 6.54 Å². The molecule has 0 fully saturated rings. The predicted molar refractivity (Wildman–Crippen MR) is 68.9 cm³/mol. The number of hydrogen-bond acceptors (Lipinski definition) is 3. The Morgan fingerprint density at radius 1 is 1.44 bits per heavy atom. The van der Waals surface area contributed by atoms with Gasteiger partial charge < -0.3 is 15.7 Å². The van der Waals surface area contributed by atoms with Crippen LogP contribution in [0.15, 0.2) is 18.2 Å². The Hall–Kier alpha value is -0.770. The van der Waals surface area contributed by atoms with Gasteiger partial charge in [0.1, 0.15) is 0 Å². The lowest BCUT2D eigenvalue weighted by Gasteiger charge is -2.30. The molecule has 16 heavy (non-hydrogen) atoms. The van der Waals surface area contributed by atoms with E-state index in [1.165, 1.54) is 0 Å². The molecule has 0 aromatic heterocycles. The third kappa shape index (κ3) is 3.11. The van der Waals surface area contributed by atoms with Gasteiger partial charge in [-0.1, -0.05) is 11.6 Å². The van der Waals surface area contributed by atoms with Crippen LogP contribution in [-0.4, -0.2) is 24.3 Å². The zero-order valence-corrected chi connectivity index (χ0v) is 10.5. The Bertz CT molecular complexity index is 342. The number of benzene rings is 1. The molecule has 0 spiro atoms. The van der Waals surface area contributed by atoms with Gasteiger partial charge in [-0.15, -0.1) is 0 Å². The van der Waals surface area contributed by atoms with E-state index in [9.17, 15) is 0 Å². The van der Waals surface area contributed by atoms with Crippen molar-refractivity contribution in [3.63, 3.8) is 0 Å². The fourth-order valence-corrected chi connectivity index (χ4v) is 1.96. The van der Waals surface area contributed by atoms with Gasteiger partial charge in [0, 0.05) is 29.8 Å². The highest BCUT2D eigenvalue weighted by Gasteiger charge is 2.13. The SMILES string of the molecule is CC(C)N(CCO)c1ccc(Cl)cc1CN. The Morgan fingerprint density at radius 2 is 2.12 bits per heavy atom. The lowest BCUT2D eigenvalue weighted by Crippen LogP contribution is -2.34. The smallest absolute Gasteiger partial charge is 0.0606 e. The first-order valence-corrected chi connectivity index (χ1v) is 5.84. The van der Waals surface area contributed by atoms with E-state index >= 15 is 0 Å². The summed E-state index contributed by atoms with van der Waals surface area (Å²) in [5, 5.41) is 9.76. The normalized spacial score (nSPS) is 10.9. The average Bonchev–Trinajstić information content (AvgIpc) is 2.26. The van der Waals surface area contributed by atoms with Gasteiger partial charge in [0.2, 0.25) is 0 Å². The van der Waals surface area contributed by atoms with Crippen LogP contribution in [0.3, 0.4) is 0 Å². The number of nitrogens with two attached hydrogens (primary N) is 1. The van der Waals surface area contributed by atoms with Crippen molar-refractivity contribution in [1.29, 1.82) is 0 Å². The maximum Gasteiger partial charge on any atom is 0.0606 e. The van der Waals surface area contributed by atoms with E-state index in [2.05, 4.69) is 18.7 Å². The first kappa shape index (κ1) is 13.3. The van der Waals surface area contributed by atoms with Crippen molar-refractivity contribution in [3.05, 3.63) is 28.8 Å². The molecule has 0 saturated heterocycles. The van der Waals surface area contributed by atoms with Crippen LogP contribution in [0.5, 0.6) is 0 Å². The summed E-state index contributed by atoms with van der Waals surface area (Å²) in [6, 6.07) is 6.01. The molecule has 0 unspecified atom stereocenters. The molecule has 0 atom stereocenters. The molecule has 4 heteroatoms. The maximum atomic E-state index is 9.07. The maximum absolute atomic E-state index is 9.07. The second-order valence-electron chi connectivity index (χ2n) is 3.99. The van der Waals surface area contributed by atoms with Crippen LogP contribution in [0.4, 0.5) is 5.69 Å². The minimum atomic E-state index is 0.130. The fraction of sp³-hybridized carbons (Fsp3) is 0.500. The molecule has 0 saturated carbocycles. The van der Waals surface area contributed by atoms with Crippen LogP contribution in [0, 0.1) is 0 Å². The van der Waals surface area contributed by atoms with Crippen molar-refractivity contribution in [1.82, 2.24) is 0 Å². The first-order valence-electron chi connectivity index (χ1n) is 5.46. The van der Waals surface area contributed by atoms with Crippen molar-refractivity contribution < 1.29 is 5.11 Å². The molecular formula is C12H19ClN2O. The van der Waals surface area contributed by atoms with Gasteiger partial charge in [-0.25, -0.2) is 0 Å². The van der Waals surface area contributed by atoms with E-state index in [-0.39, 0.29) is 6.61 Å². The van der Waals surface area contributed by atoms with E-state index in [4.69, 9.17) is 22.4 Å². The molecule has 0 aliphatic heterocycles. The molecule has 0 radical (unpaired) electrons. The van der Waals surface area contributed by atoms with E-state index < -0.39 is 0 Å². The fourth-order valence-electron chi connectivity index (χ4n) is 1.76. The van der Waals surface area contributed by atoms with Crippen LogP contribution in [0.1, 0.15) is 19.4 Å². The van der Waals surface area contributed by atoms with Crippen molar-refractivity contribution in [3.8, 4) is 0 Å². The van der Waals surface area contributed by atoms with Crippen molar-refractivity contribution in [2.75, 3.05) is 18.1 Å². The number of aliphatic hydroxyl groups is 1. The quantitative estimate of drug-likeness (QED) is 0.831. The van der Waals surface area contributed by atoms with Gasteiger partial charge in [-0.05, 0) is 37.6 Å². The number of nitrogens with zero attached hydrogens (tertiary/aromatic N) is 1. The minimum absolute atomic E-state index is 0.130. The summed E-state index contributed by atoms with van der Waals surface area (Å²) in [7, 11) is 0. The summed E-state index contributed by atoms with van der Waals surface area (Å²) in [5.41, 5.74) is 7.77. The number of rotatable bonds is 5. The standard InChI is InChI=1S/C12H19ClN2O/c1-9(2)15(5-6-16)12-4-3-11(13)7-10(12)8-14/h3-4,7,9,16H,5-6,8,14H2,1-2H3. The molecule has 3 nitrogen and oxygen atoms in total. The number of anilines is 1. The largest absolute Gasteiger partial charge is 0.395 e. The van der Waals surface area contributed by atoms with Gasteiger partial charge in [0.05, 0.1) is 6.61 Å². The Morgan fingerprint density at radius 3 is 2.62 bits per heavy atom. The topological polar surface area (TPSA) is 49.5 Å². The van der Waals surface area contributed by atoms with Crippen molar-refractivity contribution in [2.24, 2.45) is 5.73 Å². The van der Waals surface area contributed by atoms with Gasteiger partial charge in [0.15, 0.2) is 0 Å². The highest BCUT2D eigenvalue weighted by molar-refractivity contribution is 6.30. The number of aliphatic hydroxyl groups excluding tert-OH is 1. The molecule has 3 N–H and O–H groups in total. The Kier molecular flexibility index (Phi) is 5.06. The van der Waals surface area contributed by atoms with Gasteiger partial charge in [-0.3, -0.25) is 0 Å². The molecule has 1 rings (SSSR count). The lowest BCUT2D eigenvalue weighted by atomic mass is 10.1. The highest BCUT2D eigenvalue weighted by Crippen LogP contribution is 2.25. The monoisotopic (exact) mass is 242 g/mol. The summed E-state index contributed by atoms with van der Waals surface area (Å²) in [4.78, 5) is 2.12. The van der Waals surface area contributed by atoms with E-state index in [1.54, 1.807) is 0 Å². The highest BCUT2D eigenvalue weighted by atomic mass is 35.5. The van der Waals surface area contributed by atoms with Crippen LogP contribution < -0.4 is 10.6 Å². The molecule has 90 valence electrons. The molecule has 0 aliphatic carbocycles. The second-order valence-corrected chi connectivity index (χ2v) is 4.42. The Balaban J connectivity index is 3.07. The Labute approximate surface area is 102 Å². The lowest BCUT2D eigenvalue weighted by molar-refractivity contribution is 0.299.